The molecule has 0 aliphatic carbocycles. The topological polar surface area (TPSA) is 87.2 Å². The third-order valence-electron chi connectivity index (χ3n) is 6.53. The van der Waals surface area contributed by atoms with Gasteiger partial charge in [-0.2, -0.15) is 0 Å². The number of benzene rings is 2. The van der Waals surface area contributed by atoms with E-state index in [-0.39, 0.29) is 30.1 Å². The number of carboxylic acids is 1. The minimum Gasteiger partial charge on any atom is -0.496 e. The molecule has 2 amide bonds. The van der Waals surface area contributed by atoms with Gasteiger partial charge in [-0.05, 0) is 53.1 Å². The number of amides is 2. The molecule has 0 spiro atoms. The Bertz CT molecular complexity index is 1160. The molecule has 1 N–H and O–H groups in total. The van der Waals surface area contributed by atoms with Gasteiger partial charge < -0.3 is 14.7 Å². The van der Waals surface area contributed by atoms with Crippen molar-refractivity contribution in [2.24, 2.45) is 5.92 Å². The Balaban J connectivity index is 2.25. The molecule has 188 valence electrons. The maximum Gasteiger partial charge on any atom is 0.330 e. The highest BCUT2D eigenvalue weighted by atomic mass is 16.5. The van der Waals surface area contributed by atoms with E-state index in [4.69, 9.17) is 4.74 Å². The number of hydrogen-bond donors (Lipinski definition) is 1. The summed E-state index contributed by atoms with van der Waals surface area (Å²) in [6.07, 6.45) is 0.310. The number of anilines is 1. The molecule has 7 nitrogen and oxygen atoms in total. The van der Waals surface area contributed by atoms with Crippen molar-refractivity contribution in [3.63, 3.8) is 0 Å². The average molecular weight is 481 g/mol. The second-order valence-electron chi connectivity index (χ2n) is 10.9. The number of carbonyl (C=O) groups excluding carboxylic acids is 2. The summed E-state index contributed by atoms with van der Waals surface area (Å²) in [7, 11) is 4.87. The van der Waals surface area contributed by atoms with Gasteiger partial charge in [0.25, 0.3) is 11.8 Å². The molecule has 0 fully saturated rings. The standard InChI is InChI=1S/C28H36N2O5/c1-17(2)15-28(26(33)34)16-20-19(25(32)29(6)7)10-9-11-22(20)30(28)24(31)18-12-13-21(27(3,4)5)23(14-18)35-8/h9-14,17H,15-16H2,1-8H3,(H,33,34). The third-order valence-corrected chi connectivity index (χ3v) is 6.53. The minimum atomic E-state index is -1.51. The summed E-state index contributed by atoms with van der Waals surface area (Å²) in [6.45, 7) is 10.0. The summed E-state index contributed by atoms with van der Waals surface area (Å²) in [5.74, 6) is -1.17. The highest BCUT2D eigenvalue weighted by Crippen LogP contribution is 2.45. The Hall–Kier alpha value is -3.35. The van der Waals surface area contributed by atoms with E-state index in [0.717, 1.165) is 5.56 Å². The molecule has 1 unspecified atom stereocenters. The van der Waals surface area contributed by atoms with Crippen LogP contribution in [0.25, 0.3) is 0 Å². The lowest BCUT2D eigenvalue weighted by Gasteiger charge is -2.36. The van der Waals surface area contributed by atoms with E-state index in [1.807, 2.05) is 19.9 Å². The average Bonchev–Trinajstić information content (AvgIpc) is 3.11. The molecule has 0 saturated heterocycles. The first-order valence-electron chi connectivity index (χ1n) is 11.8. The molecule has 1 aliphatic rings. The number of carbonyl (C=O) groups is 3. The fraction of sp³-hybridized carbons (Fsp3) is 0.464. The number of ether oxygens (including phenoxy) is 1. The van der Waals surface area contributed by atoms with Gasteiger partial charge >= 0.3 is 5.97 Å². The van der Waals surface area contributed by atoms with Crippen LogP contribution < -0.4 is 9.64 Å². The van der Waals surface area contributed by atoms with Crippen molar-refractivity contribution < 1.29 is 24.2 Å². The van der Waals surface area contributed by atoms with Crippen LogP contribution in [0, 0.1) is 5.92 Å². The number of carboxylic acid groups (broad SMARTS) is 1. The number of rotatable bonds is 6. The number of aliphatic carboxylic acids is 1. The molecular formula is C28H36N2O5. The number of fused-ring (bicyclic) bond motifs is 1. The summed E-state index contributed by atoms with van der Waals surface area (Å²) < 4.78 is 5.60. The zero-order valence-electron chi connectivity index (χ0n) is 21.9. The van der Waals surface area contributed by atoms with Crippen molar-refractivity contribution in [1.82, 2.24) is 4.90 Å². The van der Waals surface area contributed by atoms with Crippen LogP contribution in [0.3, 0.4) is 0 Å². The van der Waals surface area contributed by atoms with Gasteiger partial charge in [0, 0.05) is 37.3 Å². The van der Waals surface area contributed by atoms with E-state index < -0.39 is 17.4 Å². The van der Waals surface area contributed by atoms with E-state index in [2.05, 4.69) is 20.8 Å². The Morgan fingerprint density at radius 1 is 1.14 bits per heavy atom. The molecule has 0 radical (unpaired) electrons. The number of nitrogens with zero attached hydrogens (tertiary/aromatic N) is 2. The van der Waals surface area contributed by atoms with Crippen molar-refractivity contribution in [3.05, 3.63) is 58.7 Å². The van der Waals surface area contributed by atoms with Gasteiger partial charge in [-0.1, -0.05) is 46.8 Å². The largest absolute Gasteiger partial charge is 0.496 e. The molecule has 0 saturated carbocycles. The van der Waals surface area contributed by atoms with Gasteiger partial charge in [0.1, 0.15) is 11.3 Å². The molecule has 7 heteroatoms. The maximum absolute atomic E-state index is 14.1. The molecule has 35 heavy (non-hydrogen) atoms. The Morgan fingerprint density at radius 3 is 2.31 bits per heavy atom. The normalized spacial score (nSPS) is 17.3. The van der Waals surface area contributed by atoms with Gasteiger partial charge in [0.2, 0.25) is 0 Å². The van der Waals surface area contributed by atoms with Crippen LogP contribution in [-0.4, -0.2) is 54.5 Å². The smallest absolute Gasteiger partial charge is 0.330 e. The van der Waals surface area contributed by atoms with E-state index in [0.29, 0.717) is 28.1 Å². The monoisotopic (exact) mass is 480 g/mol. The second kappa shape index (κ2) is 9.36. The lowest BCUT2D eigenvalue weighted by Crippen LogP contribution is -2.56. The predicted molar refractivity (Wildman–Crippen MR) is 136 cm³/mol. The quantitative estimate of drug-likeness (QED) is 0.644. The lowest BCUT2D eigenvalue weighted by molar-refractivity contribution is -0.143. The van der Waals surface area contributed by atoms with Crippen molar-refractivity contribution in [2.75, 3.05) is 26.1 Å². The van der Waals surface area contributed by atoms with Crippen molar-refractivity contribution in [2.45, 2.75) is 58.4 Å². The zero-order chi connectivity index (χ0) is 26.3. The summed E-state index contributed by atoms with van der Waals surface area (Å²) in [5, 5.41) is 10.5. The van der Waals surface area contributed by atoms with Crippen LogP contribution in [0.4, 0.5) is 5.69 Å². The first kappa shape index (κ1) is 26.3. The van der Waals surface area contributed by atoms with Gasteiger partial charge in [-0.3, -0.25) is 14.5 Å². The molecule has 2 aromatic carbocycles. The fourth-order valence-electron chi connectivity index (χ4n) is 4.99. The van der Waals surface area contributed by atoms with Crippen molar-refractivity contribution >= 4 is 23.5 Å². The second-order valence-corrected chi connectivity index (χ2v) is 10.9. The number of methoxy groups -OCH3 is 1. The Kier molecular flexibility index (Phi) is 7.02. The van der Waals surface area contributed by atoms with Crippen molar-refractivity contribution in [3.8, 4) is 5.75 Å². The predicted octanol–water partition coefficient (Wildman–Crippen LogP) is 4.77. The molecule has 1 aliphatic heterocycles. The van der Waals surface area contributed by atoms with Crippen LogP contribution in [0.1, 0.15) is 72.9 Å². The van der Waals surface area contributed by atoms with Crippen LogP contribution >= 0.6 is 0 Å². The fourth-order valence-corrected chi connectivity index (χ4v) is 4.99. The summed E-state index contributed by atoms with van der Waals surface area (Å²) in [6, 6.07) is 10.4. The summed E-state index contributed by atoms with van der Waals surface area (Å²) >= 11 is 0. The molecule has 0 aromatic heterocycles. The minimum absolute atomic E-state index is 0.00140. The first-order chi connectivity index (χ1) is 16.2. The van der Waals surface area contributed by atoms with Crippen LogP contribution in [-0.2, 0) is 16.6 Å². The Morgan fingerprint density at radius 2 is 1.80 bits per heavy atom. The maximum atomic E-state index is 14.1. The first-order valence-corrected chi connectivity index (χ1v) is 11.8. The van der Waals surface area contributed by atoms with Crippen LogP contribution in [0.2, 0.25) is 0 Å². The summed E-state index contributed by atoms with van der Waals surface area (Å²) in [4.78, 5) is 42.7. The van der Waals surface area contributed by atoms with E-state index in [1.54, 1.807) is 51.5 Å². The van der Waals surface area contributed by atoms with Crippen LogP contribution in [0.15, 0.2) is 36.4 Å². The van der Waals surface area contributed by atoms with Gasteiger partial charge in [-0.25, -0.2) is 4.79 Å². The molecule has 1 atom stereocenters. The van der Waals surface area contributed by atoms with Gasteiger partial charge in [0.05, 0.1) is 7.11 Å². The van der Waals surface area contributed by atoms with E-state index in [9.17, 15) is 19.5 Å². The number of hydrogen-bond acceptors (Lipinski definition) is 4. The third kappa shape index (κ3) is 4.64. The highest BCUT2D eigenvalue weighted by Gasteiger charge is 2.54. The Labute approximate surface area is 207 Å². The molecule has 1 heterocycles. The zero-order valence-corrected chi connectivity index (χ0v) is 21.9. The highest BCUT2D eigenvalue weighted by molar-refractivity contribution is 6.14. The molecule has 0 bridgehead atoms. The molecular weight excluding hydrogens is 444 g/mol. The lowest BCUT2D eigenvalue weighted by atomic mass is 9.83. The van der Waals surface area contributed by atoms with Crippen molar-refractivity contribution in [1.29, 1.82) is 0 Å². The molecule has 2 aromatic rings. The van der Waals surface area contributed by atoms with E-state index >= 15 is 0 Å². The van der Waals surface area contributed by atoms with Gasteiger partial charge in [-0.15, -0.1) is 0 Å². The summed E-state index contributed by atoms with van der Waals surface area (Å²) in [5.41, 5.74) is 1.04. The molecule has 3 rings (SSSR count). The van der Waals surface area contributed by atoms with Crippen LogP contribution in [0.5, 0.6) is 5.75 Å². The van der Waals surface area contributed by atoms with Gasteiger partial charge in [0.15, 0.2) is 0 Å². The van der Waals surface area contributed by atoms with E-state index in [1.165, 1.54) is 9.80 Å². The SMILES string of the molecule is COc1cc(C(=O)N2c3cccc(C(=O)N(C)C)c3CC2(CC(C)C)C(=O)O)ccc1C(C)(C)C.